The Bertz CT molecular complexity index is 1180. The standard InChI is InChI=1S/C17H9N5O/c1-2-4-11-10(3-1)5-6-18-13(11)12-9-21-15-14-16(20-8-7-19-14)23-17(15)22-12/h1-9H. The van der Waals surface area contributed by atoms with Crippen molar-refractivity contribution >= 4 is 33.2 Å². The maximum Gasteiger partial charge on any atom is 0.250 e. The van der Waals surface area contributed by atoms with Gasteiger partial charge in [-0.3, -0.25) is 4.98 Å². The Kier molecular flexibility index (Phi) is 2.40. The first kappa shape index (κ1) is 12.2. The first-order valence-electron chi connectivity index (χ1n) is 7.10. The van der Waals surface area contributed by atoms with E-state index in [9.17, 15) is 0 Å². The summed E-state index contributed by atoms with van der Waals surface area (Å²) in [7, 11) is 0. The molecule has 0 N–H and O–H groups in total. The van der Waals surface area contributed by atoms with Crippen molar-refractivity contribution in [3.05, 3.63) is 55.1 Å². The predicted molar refractivity (Wildman–Crippen MR) is 85.6 cm³/mol. The smallest absolute Gasteiger partial charge is 0.250 e. The molecule has 0 spiro atoms. The minimum atomic E-state index is 0.415. The predicted octanol–water partition coefficient (Wildman–Crippen LogP) is 3.38. The Balaban J connectivity index is 1.81. The first-order valence-corrected chi connectivity index (χ1v) is 7.10. The third kappa shape index (κ3) is 1.78. The van der Waals surface area contributed by atoms with E-state index in [1.165, 1.54) is 0 Å². The van der Waals surface area contributed by atoms with E-state index >= 15 is 0 Å². The van der Waals surface area contributed by atoms with Crippen LogP contribution >= 0.6 is 0 Å². The van der Waals surface area contributed by atoms with Crippen molar-refractivity contribution in [2.75, 3.05) is 0 Å². The molecule has 0 saturated carbocycles. The van der Waals surface area contributed by atoms with E-state index in [0.717, 1.165) is 16.5 Å². The maximum absolute atomic E-state index is 5.65. The molecule has 0 atom stereocenters. The van der Waals surface area contributed by atoms with Gasteiger partial charge in [-0.05, 0) is 11.5 Å². The number of rotatable bonds is 1. The van der Waals surface area contributed by atoms with E-state index in [4.69, 9.17) is 4.42 Å². The van der Waals surface area contributed by atoms with Crippen LogP contribution in [0.4, 0.5) is 0 Å². The SMILES string of the molecule is c1ccc2c(-c3cnc4c(n3)oc3nccnc34)nccc2c1. The summed E-state index contributed by atoms with van der Waals surface area (Å²) in [6.07, 6.45) is 6.66. The minimum absolute atomic E-state index is 0.415. The number of nitrogens with zero attached hydrogens (tertiary/aromatic N) is 5. The van der Waals surface area contributed by atoms with Crippen LogP contribution in [0.3, 0.4) is 0 Å². The molecular formula is C17H9N5O. The molecule has 5 rings (SSSR count). The Labute approximate surface area is 129 Å². The van der Waals surface area contributed by atoms with Crippen LogP contribution in [-0.2, 0) is 0 Å². The van der Waals surface area contributed by atoms with Gasteiger partial charge in [0.2, 0.25) is 11.4 Å². The Morgan fingerprint density at radius 3 is 2.61 bits per heavy atom. The van der Waals surface area contributed by atoms with E-state index in [1.807, 2.05) is 30.3 Å². The Morgan fingerprint density at radius 1 is 0.739 bits per heavy atom. The van der Waals surface area contributed by atoms with Crippen molar-refractivity contribution in [2.24, 2.45) is 0 Å². The summed E-state index contributed by atoms with van der Waals surface area (Å²) >= 11 is 0. The molecule has 108 valence electrons. The minimum Gasteiger partial charge on any atom is -0.416 e. The van der Waals surface area contributed by atoms with Gasteiger partial charge in [0.15, 0.2) is 11.0 Å². The van der Waals surface area contributed by atoms with Gasteiger partial charge in [0.1, 0.15) is 5.69 Å². The largest absolute Gasteiger partial charge is 0.416 e. The van der Waals surface area contributed by atoms with Crippen LogP contribution < -0.4 is 0 Å². The lowest BCUT2D eigenvalue weighted by molar-refractivity contribution is 0.638. The number of benzene rings is 1. The quantitative estimate of drug-likeness (QED) is 0.472. The molecule has 4 aromatic heterocycles. The average Bonchev–Trinajstić information content (AvgIpc) is 2.99. The molecular weight excluding hydrogens is 290 g/mol. The molecule has 0 fully saturated rings. The first-order chi connectivity index (χ1) is 11.4. The van der Waals surface area contributed by atoms with Crippen LogP contribution in [-0.4, -0.2) is 24.9 Å². The molecule has 0 saturated heterocycles. The molecule has 0 aliphatic rings. The maximum atomic E-state index is 5.65. The average molecular weight is 299 g/mol. The van der Waals surface area contributed by atoms with Gasteiger partial charge in [-0.15, -0.1) is 0 Å². The fourth-order valence-corrected chi connectivity index (χ4v) is 2.70. The third-order valence-electron chi connectivity index (χ3n) is 3.74. The molecule has 5 aromatic rings. The number of furan rings is 1. The van der Waals surface area contributed by atoms with Crippen LogP contribution in [0.25, 0.3) is 44.6 Å². The number of hydrogen-bond acceptors (Lipinski definition) is 6. The second-order valence-corrected chi connectivity index (χ2v) is 5.10. The van der Waals surface area contributed by atoms with Gasteiger partial charge < -0.3 is 4.42 Å². The van der Waals surface area contributed by atoms with Crippen molar-refractivity contribution in [1.29, 1.82) is 0 Å². The van der Waals surface area contributed by atoms with E-state index in [1.54, 1.807) is 24.8 Å². The van der Waals surface area contributed by atoms with Gasteiger partial charge in [-0.1, -0.05) is 24.3 Å². The van der Waals surface area contributed by atoms with Crippen molar-refractivity contribution < 1.29 is 4.42 Å². The lowest BCUT2D eigenvalue weighted by Gasteiger charge is -2.04. The van der Waals surface area contributed by atoms with Crippen LogP contribution in [0.2, 0.25) is 0 Å². The summed E-state index contributed by atoms with van der Waals surface area (Å²) in [5.41, 5.74) is 3.51. The fraction of sp³-hybridized carbons (Fsp3) is 0. The molecule has 6 heteroatoms. The molecule has 6 nitrogen and oxygen atoms in total. The Morgan fingerprint density at radius 2 is 1.61 bits per heavy atom. The zero-order chi connectivity index (χ0) is 15.2. The zero-order valence-electron chi connectivity index (χ0n) is 11.8. The van der Waals surface area contributed by atoms with E-state index < -0.39 is 0 Å². The summed E-state index contributed by atoms with van der Waals surface area (Å²) in [5.74, 6) is 0. The van der Waals surface area contributed by atoms with Gasteiger partial charge in [-0.25, -0.2) is 19.9 Å². The highest BCUT2D eigenvalue weighted by Gasteiger charge is 2.14. The van der Waals surface area contributed by atoms with Gasteiger partial charge in [-0.2, -0.15) is 0 Å². The molecule has 1 aromatic carbocycles. The van der Waals surface area contributed by atoms with Gasteiger partial charge >= 0.3 is 0 Å². The van der Waals surface area contributed by atoms with E-state index in [2.05, 4.69) is 24.9 Å². The highest BCUT2D eigenvalue weighted by atomic mass is 16.3. The highest BCUT2D eigenvalue weighted by Crippen LogP contribution is 2.28. The highest BCUT2D eigenvalue weighted by molar-refractivity contribution is 5.98. The number of hydrogen-bond donors (Lipinski definition) is 0. The van der Waals surface area contributed by atoms with Crippen molar-refractivity contribution in [2.45, 2.75) is 0 Å². The van der Waals surface area contributed by atoms with E-state index in [-0.39, 0.29) is 0 Å². The molecule has 0 amide bonds. The summed E-state index contributed by atoms with van der Waals surface area (Å²) in [6.45, 7) is 0. The number of aromatic nitrogens is 5. The molecule has 0 unspecified atom stereocenters. The lowest BCUT2D eigenvalue weighted by Crippen LogP contribution is -1.91. The lowest BCUT2D eigenvalue weighted by atomic mass is 10.1. The molecule has 0 bridgehead atoms. The third-order valence-corrected chi connectivity index (χ3v) is 3.74. The van der Waals surface area contributed by atoms with Crippen molar-refractivity contribution in [3.63, 3.8) is 0 Å². The van der Waals surface area contributed by atoms with E-state index in [0.29, 0.717) is 28.2 Å². The second kappa shape index (κ2) is 4.54. The number of pyridine rings is 1. The fourth-order valence-electron chi connectivity index (χ4n) is 2.70. The van der Waals surface area contributed by atoms with Crippen LogP contribution in [0.1, 0.15) is 0 Å². The normalized spacial score (nSPS) is 11.5. The molecule has 23 heavy (non-hydrogen) atoms. The summed E-state index contributed by atoms with van der Waals surface area (Å²) < 4.78 is 5.65. The molecule has 4 heterocycles. The zero-order valence-corrected chi connectivity index (χ0v) is 11.8. The van der Waals surface area contributed by atoms with Gasteiger partial charge in [0.05, 0.1) is 11.9 Å². The number of fused-ring (bicyclic) bond motifs is 4. The van der Waals surface area contributed by atoms with Gasteiger partial charge in [0, 0.05) is 24.0 Å². The second-order valence-electron chi connectivity index (χ2n) is 5.10. The Hall–Kier alpha value is -3.41. The topological polar surface area (TPSA) is 77.6 Å². The van der Waals surface area contributed by atoms with Crippen molar-refractivity contribution in [3.8, 4) is 11.4 Å². The van der Waals surface area contributed by atoms with Crippen LogP contribution in [0.15, 0.2) is 59.5 Å². The summed E-state index contributed by atoms with van der Waals surface area (Å²) in [5, 5.41) is 2.13. The van der Waals surface area contributed by atoms with Crippen molar-refractivity contribution in [1.82, 2.24) is 24.9 Å². The molecule has 0 aliphatic carbocycles. The monoisotopic (exact) mass is 299 g/mol. The molecule has 0 radical (unpaired) electrons. The summed E-state index contributed by atoms with van der Waals surface area (Å²) in [6, 6.07) is 10.0. The molecule has 0 aliphatic heterocycles. The summed E-state index contributed by atoms with van der Waals surface area (Å²) in [4.78, 5) is 21.9. The van der Waals surface area contributed by atoms with Crippen LogP contribution in [0, 0.1) is 0 Å². The van der Waals surface area contributed by atoms with Gasteiger partial charge in [0.25, 0.3) is 0 Å². The van der Waals surface area contributed by atoms with Crippen LogP contribution in [0.5, 0.6) is 0 Å².